The molecule has 154 valence electrons. The number of ether oxygens (including phenoxy) is 1. The van der Waals surface area contributed by atoms with Crippen LogP contribution in [0, 0.1) is 0 Å². The van der Waals surface area contributed by atoms with Gasteiger partial charge in [-0.2, -0.15) is 0 Å². The molecule has 8 heteroatoms. The van der Waals surface area contributed by atoms with Crippen LogP contribution in [-0.2, 0) is 14.3 Å². The van der Waals surface area contributed by atoms with E-state index in [-0.39, 0.29) is 24.3 Å². The summed E-state index contributed by atoms with van der Waals surface area (Å²) in [6, 6.07) is 9.76. The van der Waals surface area contributed by atoms with E-state index in [1.165, 1.54) is 11.8 Å². The van der Waals surface area contributed by atoms with Gasteiger partial charge in [0.05, 0.1) is 4.91 Å². The third kappa shape index (κ3) is 8.31. The highest BCUT2D eigenvalue weighted by atomic mass is 35.5. The van der Waals surface area contributed by atoms with Gasteiger partial charge >= 0.3 is 5.97 Å². The number of esters is 1. The van der Waals surface area contributed by atoms with Crippen molar-refractivity contribution in [1.29, 1.82) is 0 Å². The summed E-state index contributed by atoms with van der Waals surface area (Å²) in [5, 5.41) is 0. The molecule has 2 rings (SSSR count). The maximum atomic E-state index is 12.5. The van der Waals surface area contributed by atoms with Crippen LogP contribution in [0.2, 0.25) is 0 Å². The lowest BCUT2D eigenvalue weighted by Crippen LogP contribution is -2.29. The molecule has 0 unspecified atom stereocenters. The van der Waals surface area contributed by atoms with Crippen molar-refractivity contribution < 1.29 is 14.3 Å². The van der Waals surface area contributed by atoms with Gasteiger partial charge in [-0.05, 0) is 38.6 Å². The predicted molar refractivity (Wildman–Crippen MR) is 122 cm³/mol. The zero-order chi connectivity index (χ0) is 19.6. The van der Waals surface area contributed by atoms with Crippen LogP contribution < -0.4 is 0 Å². The Kier molecular flexibility index (Phi) is 11.4. The van der Waals surface area contributed by atoms with Crippen LogP contribution in [0.15, 0.2) is 35.2 Å². The van der Waals surface area contributed by atoms with E-state index in [1.807, 2.05) is 55.4 Å². The number of rotatable bonds is 10. The number of likely N-dealkylation sites (N-methyl/N-ethyl adjacent to an activating group) is 1. The third-order valence-electron chi connectivity index (χ3n) is 4.04. The van der Waals surface area contributed by atoms with Crippen molar-refractivity contribution in [3.8, 4) is 0 Å². The Morgan fingerprint density at radius 1 is 1.21 bits per heavy atom. The second kappa shape index (κ2) is 12.9. The molecule has 1 aliphatic heterocycles. The van der Waals surface area contributed by atoms with Gasteiger partial charge in [0.15, 0.2) is 0 Å². The first kappa shape index (κ1) is 24.6. The summed E-state index contributed by atoms with van der Waals surface area (Å²) in [6.07, 6.45) is 4.73. The fraction of sp³-hybridized carbons (Fsp3) is 0.450. The van der Waals surface area contributed by atoms with Crippen LogP contribution in [0.5, 0.6) is 0 Å². The number of benzene rings is 1. The number of thioether (sulfide) groups is 1. The van der Waals surface area contributed by atoms with Crippen molar-refractivity contribution in [3.05, 3.63) is 40.8 Å². The first-order valence-electron chi connectivity index (χ1n) is 9.08. The predicted octanol–water partition coefficient (Wildman–Crippen LogP) is 3.97. The van der Waals surface area contributed by atoms with Gasteiger partial charge in [0.25, 0.3) is 5.91 Å². The van der Waals surface area contributed by atoms with Gasteiger partial charge in [0, 0.05) is 19.5 Å². The topological polar surface area (TPSA) is 49.9 Å². The molecule has 0 atom stereocenters. The van der Waals surface area contributed by atoms with E-state index in [1.54, 1.807) is 4.90 Å². The molecule has 1 fully saturated rings. The van der Waals surface area contributed by atoms with Crippen LogP contribution in [0.25, 0.3) is 6.08 Å². The van der Waals surface area contributed by atoms with Crippen LogP contribution in [0.3, 0.4) is 0 Å². The largest absolute Gasteiger partial charge is 0.464 e. The fourth-order valence-electron chi connectivity index (χ4n) is 2.52. The smallest absolute Gasteiger partial charge is 0.305 e. The number of amides is 1. The Balaban J connectivity index is 0.00000392. The molecule has 0 aliphatic carbocycles. The molecule has 1 aliphatic rings. The summed E-state index contributed by atoms with van der Waals surface area (Å²) < 4.78 is 5.76. The Morgan fingerprint density at radius 3 is 2.61 bits per heavy atom. The lowest BCUT2D eigenvalue weighted by Gasteiger charge is -2.14. The second-order valence-electron chi connectivity index (χ2n) is 6.58. The van der Waals surface area contributed by atoms with E-state index in [9.17, 15) is 9.59 Å². The van der Waals surface area contributed by atoms with Gasteiger partial charge < -0.3 is 9.64 Å². The standard InChI is InChI=1S/C20H26N2O3S2.ClH/c1-21(2)13-14-25-18(23)11-7-4-8-12-22-19(24)17(27-20(22)26)15-16-9-5-3-6-10-16;/h3,5-6,9-10,15H,4,7-8,11-14H2,1-2H3;1H. The molecule has 0 spiro atoms. The SMILES string of the molecule is CN(C)CCOC(=O)CCCCCN1C(=O)C(=Cc2ccccc2)SC1=S.Cl. The normalized spacial score (nSPS) is 15.2. The molecular formula is C20H27ClN2O3S2. The number of carbonyl (C=O) groups excluding carboxylic acids is 2. The van der Waals surface area contributed by atoms with E-state index >= 15 is 0 Å². The Morgan fingerprint density at radius 2 is 1.93 bits per heavy atom. The minimum atomic E-state index is -0.159. The summed E-state index contributed by atoms with van der Waals surface area (Å²) >= 11 is 6.70. The number of thiocarbonyl (C=S) groups is 1. The first-order chi connectivity index (χ1) is 13.0. The zero-order valence-electron chi connectivity index (χ0n) is 16.3. The van der Waals surface area contributed by atoms with Gasteiger partial charge in [-0.25, -0.2) is 0 Å². The van der Waals surface area contributed by atoms with Crippen LogP contribution in [0.1, 0.15) is 31.2 Å². The average molecular weight is 443 g/mol. The van der Waals surface area contributed by atoms with E-state index in [4.69, 9.17) is 17.0 Å². The summed E-state index contributed by atoms with van der Waals surface area (Å²) in [5.74, 6) is -0.190. The van der Waals surface area contributed by atoms with Crippen molar-refractivity contribution in [2.75, 3.05) is 33.8 Å². The van der Waals surface area contributed by atoms with Crippen molar-refractivity contribution in [2.24, 2.45) is 0 Å². The quantitative estimate of drug-likeness (QED) is 0.236. The number of halogens is 1. The number of nitrogens with zero attached hydrogens (tertiary/aromatic N) is 2. The molecule has 1 heterocycles. The van der Waals surface area contributed by atoms with Gasteiger partial charge in [-0.15, -0.1) is 12.4 Å². The number of hydrogen-bond donors (Lipinski definition) is 0. The monoisotopic (exact) mass is 442 g/mol. The van der Waals surface area contributed by atoms with Crippen molar-refractivity contribution in [1.82, 2.24) is 9.80 Å². The van der Waals surface area contributed by atoms with Gasteiger partial charge in [0.1, 0.15) is 10.9 Å². The number of unbranched alkanes of at least 4 members (excludes halogenated alkanes) is 2. The third-order valence-corrected chi connectivity index (χ3v) is 5.41. The first-order valence-corrected chi connectivity index (χ1v) is 10.3. The molecule has 5 nitrogen and oxygen atoms in total. The summed E-state index contributed by atoms with van der Waals surface area (Å²) in [5.41, 5.74) is 0.991. The number of hydrogen-bond acceptors (Lipinski definition) is 6. The molecule has 28 heavy (non-hydrogen) atoms. The zero-order valence-corrected chi connectivity index (χ0v) is 18.7. The molecule has 0 radical (unpaired) electrons. The van der Waals surface area contributed by atoms with Gasteiger partial charge in [-0.3, -0.25) is 14.5 Å². The fourth-order valence-corrected chi connectivity index (χ4v) is 3.83. The van der Waals surface area contributed by atoms with Gasteiger partial charge in [-0.1, -0.05) is 60.7 Å². The summed E-state index contributed by atoms with van der Waals surface area (Å²) in [4.78, 5) is 28.5. The highest BCUT2D eigenvalue weighted by molar-refractivity contribution is 8.26. The van der Waals surface area contributed by atoms with Crippen molar-refractivity contribution in [2.45, 2.75) is 25.7 Å². The van der Waals surface area contributed by atoms with Crippen LogP contribution in [0.4, 0.5) is 0 Å². The lowest BCUT2D eigenvalue weighted by atomic mass is 10.2. The van der Waals surface area contributed by atoms with E-state index in [0.29, 0.717) is 28.8 Å². The summed E-state index contributed by atoms with van der Waals surface area (Å²) in [6.45, 7) is 1.75. The molecule has 1 aromatic carbocycles. The van der Waals surface area contributed by atoms with E-state index in [2.05, 4.69) is 0 Å². The molecule has 0 N–H and O–H groups in total. The molecule has 0 aromatic heterocycles. The Hall–Kier alpha value is -1.41. The Bertz CT molecular complexity index is 696. The van der Waals surface area contributed by atoms with E-state index in [0.717, 1.165) is 31.4 Å². The van der Waals surface area contributed by atoms with Crippen LogP contribution in [-0.4, -0.2) is 59.8 Å². The maximum absolute atomic E-state index is 12.5. The minimum absolute atomic E-state index is 0. The molecule has 0 saturated carbocycles. The van der Waals surface area contributed by atoms with E-state index < -0.39 is 0 Å². The van der Waals surface area contributed by atoms with Crippen molar-refractivity contribution in [3.63, 3.8) is 0 Å². The number of carbonyl (C=O) groups is 2. The summed E-state index contributed by atoms with van der Waals surface area (Å²) in [7, 11) is 3.88. The van der Waals surface area contributed by atoms with Crippen molar-refractivity contribution >= 4 is 58.7 Å². The highest BCUT2D eigenvalue weighted by Gasteiger charge is 2.31. The molecule has 1 aromatic rings. The maximum Gasteiger partial charge on any atom is 0.305 e. The molecular weight excluding hydrogens is 416 g/mol. The average Bonchev–Trinajstić information content (AvgIpc) is 2.89. The lowest BCUT2D eigenvalue weighted by molar-refractivity contribution is -0.144. The highest BCUT2D eigenvalue weighted by Crippen LogP contribution is 2.32. The molecule has 1 saturated heterocycles. The van der Waals surface area contributed by atoms with Gasteiger partial charge in [0.2, 0.25) is 0 Å². The minimum Gasteiger partial charge on any atom is -0.464 e. The van der Waals surface area contributed by atoms with Crippen LogP contribution >= 0.6 is 36.4 Å². The molecule has 0 bridgehead atoms. The molecule has 1 amide bonds. The second-order valence-corrected chi connectivity index (χ2v) is 8.25. The Labute approximate surface area is 182 Å².